The number of carbonyl (C=O) groups is 4. The molecule has 0 aromatic carbocycles. The number of carbonyl (C=O) groups excluding carboxylic acids is 3. The molecule has 0 aromatic heterocycles. The maximum atomic E-state index is 11.8. The molecule has 0 aromatic rings. The van der Waals surface area contributed by atoms with Gasteiger partial charge in [-0.3, -0.25) is 4.89 Å². The number of carboxylic acid groups (broad SMARTS) is 1. The number of esters is 2. The predicted molar refractivity (Wildman–Crippen MR) is 82.0 cm³/mol. The van der Waals surface area contributed by atoms with Crippen molar-refractivity contribution in [1.29, 1.82) is 0 Å². The average molecular weight is 360 g/mol. The largest absolute Gasteiger partial charge is 0.473 e. The molecule has 0 spiro atoms. The summed E-state index contributed by atoms with van der Waals surface area (Å²) in [5.74, 6) is -5.49. The third-order valence-corrected chi connectivity index (χ3v) is 3.60. The summed E-state index contributed by atoms with van der Waals surface area (Å²) < 4.78 is 10.1. The van der Waals surface area contributed by atoms with Crippen LogP contribution in [0.5, 0.6) is 0 Å². The average Bonchev–Trinajstić information content (AvgIpc) is 2.52. The van der Waals surface area contributed by atoms with E-state index in [1.165, 1.54) is 20.8 Å². The summed E-state index contributed by atoms with van der Waals surface area (Å²) in [5, 5.41) is 8.40. The Balaban J connectivity index is 2.38. The van der Waals surface area contributed by atoms with Crippen molar-refractivity contribution in [1.82, 2.24) is 0 Å². The van der Waals surface area contributed by atoms with Gasteiger partial charge in [0.25, 0.3) is 0 Å². The van der Waals surface area contributed by atoms with Crippen LogP contribution >= 0.6 is 0 Å². The summed E-state index contributed by atoms with van der Waals surface area (Å²) >= 11 is 0. The zero-order valence-electron chi connectivity index (χ0n) is 14.6. The van der Waals surface area contributed by atoms with Crippen molar-refractivity contribution in [2.75, 3.05) is 0 Å². The lowest BCUT2D eigenvalue weighted by atomic mass is 9.98. The Morgan fingerprint density at radius 1 is 1.04 bits per heavy atom. The van der Waals surface area contributed by atoms with Crippen LogP contribution in [0.25, 0.3) is 0 Å². The molecule has 9 nitrogen and oxygen atoms in total. The van der Waals surface area contributed by atoms with Gasteiger partial charge >= 0.3 is 23.9 Å². The van der Waals surface area contributed by atoms with Crippen molar-refractivity contribution in [3.05, 3.63) is 0 Å². The normalized spacial score (nSPS) is 16.6. The molecule has 1 rings (SSSR count). The van der Waals surface area contributed by atoms with E-state index in [1.807, 2.05) is 0 Å². The maximum Gasteiger partial charge on any atom is 0.449 e. The minimum absolute atomic E-state index is 0.0579. The van der Waals surface area contributed by atoms with Crippen molar-refractivity contribution in [3.8, 4) is 0 Å². The first-order chi connectivity index (χ1) is 11.6. The third-order valence-electron chi connectivity index (χ3n) is 3.60. The van der Waals surface area contributed by atoms with Gasteiger partial charge in [-0.15, -0.1) is 0 Å². The zero-order chi connectivity index (χ0) is 19.0. The summed E-state index contributed by atoms with van der Waals surface area (Å²) in [6, 6.07) is 0. The highest BCUT2D eigenvalue weighted by Gasteiger charge is 2.31. The fourth-order valence-corrected chi connectivity index (χ4v) is 2.57. The quantitative estimate of drug-likeness (QED) is 0.325. The zero-order valence-corrected chi connectivity index (χ0v) is 14.6. The van der Waals surface area contributed by atoms with E-state index in [4.69, 9.17) is 19.5 Å². The standard InChI is InChI=1S/C16H24O9/c1-10(9-16(2,3)25-24-13(19)12(17)18)22-14(20)15(21)23-11-7-5-4-6-8-11/h10-11H,4-9H2,1-3H3,(H,17,18). The monoisotopic (exact) mass is 360 g/mol. The maximum absolute atomic E-state index is 11.8. The molecule has 1 atom stereocenters. The van der Waals surface area contributed by atoms with E-state index in [9.17, 15) is 19.2 Å². The highest BCUT2D eigenvalue weighted by atomic mass is 17.2. The second-order valence-electron chi connectivity index (χ2n) is 6.60. The summed E-state index contributed by atoms with van der Waals surface area (Å²) in [5.41, 5.74) is -1.13. The van der Waals surface area contributed by atoms with E-state index in [0.717, 1.165) is 32.1 Å². The van der Waals surface area contributed by atoms with Crippen LogP contribution in [0, 0.1) is 0 Å². The Hall–Kier alpha value is -2.16. The molecule has 0 heterocycles. The second-order valence-corrected chi connectivity index (χ2v) is 6.60. The van der Waals surface area contributed by atoms with Crippen LogP contribution in [-0.2, 0) is 38.4 Å². The SMILES string of the molecule is CC(CC(C)(C)OOC(=O)C(=O)O)OC(=O)C(=O)OC1CCCCC1. The lowest BCUT2D eigenvalue weighted by molar-refractivity contribution is -0.327. The summed E-state index contributed by atoms with van der Waals surface area (Å²) in [7, 11) is 0. The van der Waals surface area contributed by atoms with Crippen molar-refractivity contribution >= 4 is 23.9 Å². The van der Waals surface area contributed by atoms with Crippen LogP contribution in [0.1, 0.15) is 59.3 Å². The number of ether oxygens (including phenoxy) is 2. The van der Waals surface area contributed by atoms with E-state index in [1.54, 1.807) is 0 Å². The minimum Gasteiger partial charge on any atom is -0.473 e. The van der Waals surface area contributed by atoms with Crippen LogP contribution in [0.4, 0.5) is 0 Å². The van der Waals surface area contributed by atoms with Crippen molar-refractivity contribution in [3.63, 3.8) is 0 Å². The summed E-state index contributed by atoms with van der Waals surface area (Å²) in [6.45, 7) is 4.54. The Morgan fingerprint density at radius 3 is 2.20 bits per heavy atom. The fourth-order valence-electron chi connectivity index (χ4n) is 2.57. The molecule has 1 aliphatic rings. The van der Waals surface area contributed by atoms with Gasteiger partial charge in [-0.25, -0.2) is 19.2 Å². The van der Waals surface area contributed by atoms with E-state index < -0.39 is 35.6 Å². The molecule has 0 amide bonds. The van der Waals surface area contributed by atoms with Crippen LogP contribution in [0.3, 0.4) is 0 Å². The Bertz CT molecular complexity index is 506. The molecule has 0 bridgehead atoms. The molecule has 25 heavy (non-hydrogen) atoms. The molecule has 1 N–H and O–H groups in total. The van der Waals surface area contributed by atoms with Gasteiger partial charge in [-0.05, 0) is 46.5 Å². The number of rotatable bonds is 6. The van der Waals surface area contributed by atoms with Crippen LogP contribution in [0.15, 0.2) is 0 Å². The van der Waals surface area contributed by atoms with E-state index in [2.05, 4.69) is 4.89 Å². The third kappa shape index (κ3) is 7.97. The van der Waals surface area contributed by atoms with Crippen molar-refractivity contribution in [2.24, 2.45) is 0 Å². The van der Waals surface area contributed by atoms with E-state index >= 15 is 0 Å². The number of hydrogen-bond donors (Lipinski definition) is 1. The highest BCUT2D eigenvalue weighted by Crippen LogP contribution is 2.21. The fraction of sp³-hybridized carbons (Fsp3) is 0.750. The molecule has 0 saturated heterocycles. The summed E-state index contributed by atoms with van der Waals surface area (Å²) in [6.07, 6.45) is 3.56. The topological polar surface area (TPSA) is 125 Å². The summed E-state index contributed by atoms with van der Waals surface area (Å²) in [4.78, 5) is 53.6. The second kappa shape index (κ2) is 9.36. The molecule has 1 saturated carbocycles. The lowest BCUT2D eigenvalue weighted by Gasteiger charge is -2.26. The Labute approximate surface area is 145 Å². The van der Waals surface area contributed by atoms with Crippen LogP contribution in [-0.4, -0.2) is 46.8 Å². The van der Waals surface area contributed by atoms with Gasteiger partial charge in [0.1, 0.15) is 17.8 Å². The smallest absolute Gasteiger partial charge is 0.449 e. The van der Waals surface area contributed by atoms with Crippen LogP contribution in [0.2, 0.25) is 0 Å². The molecule has 0 radical (unpaired) electrons. The molecule has 1 fully saturated rings. The number of aliphatic carboxylic acids is 1. The first kappa shape index (κ1) is 20.9. The molecule has 1 unspecified atom stereocenters. The van der Waals surface area contributed by atoms with Gasteiger partial charge in [-0.1, -0.05) is 6.42 Å². The number of carboxylic acids is 1. The Kier molecular flexibility index (Phi) is 7.82. The molecule has 142 valence electrons. The molecule has 1 aliphatic carbocycles. The van der Waals surface area contributed by atoms with Crippen LogP contribution < -0.4 is 0 Å². The molecular weight excluding hydrogens is 336 g/mol. The van der Waals surface area contributed by atoms with Gasteiger partial charge < -0.3 is 14.6 Å². The molecule has 0 aliphatic heterocycles. The van der Waals surface area contributed by atoms with Gasteiger partial charge in [0, 0.05) is 6.42 Å². The lowest BCUT2D eigenvalue weighted by Crippen LogP contribution is -2.35. The molecule has 9 heteroatoms. The predicted octanol–water partition coefficient (Wildman–Crippen LogP) is 1.52. The van der Waals surface area contributed by atoms with E-state index in [0.29, 0.717) is 0 Å². The first-order valence-corrected chi connectivity index (χ1v) is 8.15. The highest BCUT2D eigenvalue weighted by molar-refractivity contribution is 6.29. The van der Waals surface area contributed by atoms with Crippen molar-refractivity contribution < 1.29 is 43.5 Å². The van der Waals surface area contributed by atoms with Gasteiger partial charge in [0.05, 0.1) is 0 Å². The van der Waals surface area contributed by atoms with Gasteiger partial charge in [-0.2, -0.15) is 4.89 Å². The van der Waals surface area contributed by atoms with Gasteiger partial charge in [0.2, 0.25) is 0 Å². The Morgan fingerprint density at radius 2 is 1.64 bits per heavy atom. The molecular formula is C16H24O9. The number of hydrogen-bond acceptors (Lipinski definition) is 8. The van der Waals surface area contributed by atoms with Crippen molar-refractivity contribution in [2.45, 2.75) is 77.1 Å². The van der Waals surface area contributed by atoms with Gasteiger partial charge in [0.15, 0.2) is 0 Å². The van der Waals surface area contributed by atoms with E-state index in [-0.39, 0.29) is 12.5 Å². The minimum atomic E-state index is -1.79. The first-order valence-electron chi connectivity index (χ1n) is 8.15.